The molecule has 0 heterocycles. The summed E-state index contributed by atoms with van der Waals surface area (Å²) < 4.78 is 0. The zero-order chi connectivity index (χ0) is 16.8. The Balaban J connectivity index is 2.19. The Kier molecular flexibility index (Phi) is 5.98. The molecular formula is C16H15Cl2N3O2. The number of nitrogens with two attached hydrogens (primary N) is 1. The molecule has 4 N–H and O–H groups in total. The van der Waals surface area contributed by atoms with Gasteiger partial charge in [-0.3, -0.25) is 9.59 Å². The SMILES string of the molecule is NCCNC(=O)c1ccc(Cl)c(NC(=O)c2cccc(Cl)c2)c1. The lowest BCUT2D eigenvalue weighted by molar-refractivity contribution is 0.0953. The fourth-order valence-corrected chi connectivity index (χ4v) is 2.23. The fraction of sp³-hybridized carbons (Fsp3) is 0.125. The van der Waals surface area contributed by atoms with Gasteiger partial charge in [0.05, 0.1) is 10.7 Å². The van der Waals surface area contributed by atoms with Crippen LogP contribution in [0.3, 0.4) is 0 Å². The molecule has 2 rings (SSSR count). The third-order valence-corrected chi connectivity index (χ3v) is 3.56. The highest BCUT2D eigenvalue weighted by Crippen LogP contribution is 2.24. The number of hydrogen-bond acceptors (Lipinski definition) is 3. The summed E-state index contributed by atoms with van der Waals surface area (Å²) in [5, 5.41) is 6.11. The molecule has 2 aromatic carbocycles. The van der Waals surface area contributed by atoms with E-state index in [1.807, 2.05) is 0 Å². The number of carbonyl (C=O) groups is 2. The number of benzene rings is 2. The molecule has 0 bridgehead atoms. The van der Waals surface area contributed by atoms with Gasteiger partial charge < -0.3 is 16.4 Å². The van der Waals surface area contributed by atoms with Crippen LogP contribution in [0.15, 0.2) is 42.5 Å². The average molecular weight is 352 g/mol. The topological polar surface area (TPSA) is 84.2 Å². The standard InChI is InChI=1S/C16H15Cl2N3O2/c17-12-3-1-2-10(8-12)16(23)21-14-9-11(4-5-13(14)18)15(22)20-7-6-19/h1-5,8-9H,6-7,19H2,(H,20,22)(H,21,23). The van der Waals surface area contributed by atoms with Gasteiger partial charge in [0.1, 0.15) is 0 Å². The van der Waals surface area contributed by atoms with E-state index >= 15 is 0 Å². The molecule has 120 valence electrons. The summed E-state index contributed by atoms with van der Waals surface area (Å²) in [6.07, 6.45) is 0. The summed E-state index contributed by atoms with van der Waals surface area (Å²) >= 11 is 11.9. The first-order valence-electron chi connectivity index (χ1n) is 6.86. The quantitative estimate of drug-likeness (QED) is 0.774. The van der Waals surface area contributed by atoms with E-state index in [2.05, 4.69) is 10.6 Å². The fourth-order valence-electron chi connectivity index (χ4n) is 1.87. The molecule has 0 aromatic heterocycles. The van der Waals surface area contributed by atoms with Crippen molar-refractivity contribution in [2.45, 2.75) is 0 Å². The lowest BCUT2D eigenvalue weighted by Gasteiger charge is -2.10. The minimum absolute atomic E-state index is 0.287. The predicted molar refractivity (Wildman–Crippen MR) is 92.2 cm³/mol. The molecule has 0 unspecified atom stereocenters. The predicted octanol–water partition coefficient (Wildman–Crippen LogP) is 2.93. The molecule has 0 atom stereocenters. The first kappa shape index (κ1) is 17.3. The van der Waals surface area contributed by atoms with Crippen LogP contribution in [-0.4, -0.2) is 24.9 Å². The van der Waals surface area contributed by atoms with Crippen molar-refractivity contribution < 1.29 is 9.59 Å². The zero-order valence-electron chi connectivity index (χ0n) is 12.1. The van der Waals surface area contributed by atoms with Crippen LogP contribution in [0, 0.1) is 0 Å². The van der Waals surface area contributed by atoms with Crippen LogP contribution < -0.4 is 16.4 Å². The summed E-state index contributed by atoms with van der Waals surface area (Å²) in [6, 6.07) is 11.2. The Morgan fingerprint density at radius 3 is 2.43 bits per heavy atom. The largest absolute Gasteiger partial charge is 0.351 e. The summed E-state index contributed by atoms with van der Waals surface area (Å²) in [4.78, 5) is 24.2. The number of carbonyl (C=O) groups excluding carboxylic acids is 2. The maximum atomic E-state index is 12.2. The normalized spacial score (nSPS) is 10.2. The van der Waals surface area contributed by atoms with Crippen LogP contribution in [0.1, 0.15) is 20.7 Å². The molecule has 23 heavy (non-hydrogen) atoms. The number of amides is 2. The van der Waals surface area contributed by atoms with E-state index in [-0.39, 0.29) is 11.8 Å². The lowest BCUT2D eigenvalue weighted by atomic mass is 10.1. The van der Waals surface area contributed by atoms with Crippen LogP contribution in [0.5, 0.6) is 0 Å². The van der Waals surface area contributed by atoms with Gasteiger partial charge in [0.2, 0.25) is 0 Å². The summed E-state index contributed by atoms with van der Waals surface area (Å²) in [7, 11) is 0. The van der Waals surface area contributed by atoms with E-state index in [4.69, 9.17) is 28.9 Å². The average Bonchev–Trinajstić information content (AvgIpc) is 2.54. The zero-order valence-corrected chi connectivity index (χ0v) is 13.6. The highest BCUT2D eigenvalue weighted by atomic mass is 35.5. The minimum atomic E-state index is -0.367. The van der Waals surface area contributed by atoms with Crippen molar-refractivity contribution in [3.63, 3.8) is 0 Å². The Morgan fingerprint density at radius 2 is 1.74 bits per heavy atom. The number of rotatable bonds is 5. The van der Waals surface area contributed by atoms with Gasteiger partial charge in [0.15, 0.2) is 0 Å². The molecule has 0 radical (unpaired) electrons. The van der Waals surface area contributed by atoms with E-state index < -0.39 is 0 Å². The van der Waals surface area contributed by atoms with Crippen molar-refractivity contribution in [3.05, 3.63) is 63.6 Å². The van der Waals surface area contributed by atoms with E-state index in [1.165, 1.54) is 6.07 Å². The van der Waals surface area contributed by atoms with Crippen molar-refractivity contribution in [2.75, 3.05) is 18.4 Å². The molecule has 0 saturated carbocycles. The summed E-state index contributed by atoms with van der Waals surface area (Å²) in [5.74, 6) is -0.653. The second-order valence-electron chi connectivity index (χ2n) is 4.70. The first-order valence-corrected chi connectivity index (χ1v) is 7.61. The van der Waals surface area contributed by atoms with Gasteiger partial charge in [0.25, 0.3) is 11.8 Å². The van der Waals surface area contributed by atoms with Crippen molar-refractivity contribution in [3.8, 4) is 0 Å². The van der Waals surface area contributed by atoms with Crippen LogP contribution in [0.4, 0.5) is 5.69 Å². The molecule has 0 fully saturated rings. The van der Waals surface area contributed by atoms with Gasteiger partial charge >= 0.3 is 0 Å². The third kappa shape index (κ3) is 4.69. The van der Waals surface area contributed by atoms with Gasteiger partial charge in [-0.1, -0.05) is 29.3 Å². The molecule has 0 aliphatic rings. The highest BCUT2D eigenvalue weighted by Gasteiger charge is 2.12. The van der Waals surface area contributed by atoms with Gasteiger partial charge in [-0.05, 0) is 36.4 Å². The molecule has 7 heteroatoms. The molecule has 0 spiro atoms. The van der Waals surface area contributed by atoms with Crippen LogP contribution in [0.2, 0.25) is 10.0 Å². The Morgan fingerprint density at radius 1 is 1.00 bits per heavy atom. The first-order chi connectivity index (χ1) is 11.0. The van der Waals surface area contributed by atoms with Crippen LogP contribution in [-0.2, 0) is 0 Å². The van der Waals surface area contributed by atoms with E-state index in [0.29, 0.717) is 39.9 Å². The van der Waals surface area contributed by atoms with Crippen LogP contribution >= 0.6 is 23.2 Å². The molecule has 2 aromatic rings. The Hall–Kier alpha value is -2.08. The second-order valence-corrected chi connectivity index (χ2v) is 5.55. The Labute approximate surface area is 143 Å². The van der Waals surface area contributed by atoms with Gasteiger partial charge in [-0.25, -0.2) is 0 Å². The summed E-state index contributed by atoms with van der Waals surface area (Å²) in [6.45, 7) is 0.712. The molecular weight excluding hydrogens is 337 g/mol. The van der Waals surface area contributed by atoms with Crippen LogP contribution in [0.25, 0.3) is 0 Å². The lowest BCUT2D eigenvalue weighted by Crippen LogP contribution is -2.29. The van der Waals surface area contributed by atoms with E-state index in [0.717, 1.165) is 0 Å². The number of halogens is 2. The maximum absolute atomic E-state index is 12.2. The molecule has 0 aliphatic carbocycles. The number of hydrogen-bond donors (Lipinski definition) is 3. The van der Waals surface area contributed by atoms with Gasteiger partial charge in [-0.15, -0.1) is 0 Å². The molecule has 0 saturated heterocycles. The molecule has 0 aliphatic heterocycles. The highest BCUT2D eigenvalue weighted by molar-refractivity contribution is 6.34. The number of anilines is 1. The van der Waals surface area contributed by atoms with E-state index in [1.54, 1.807) is 36.4 Å². The minimum Gasteiger partial charge on any atom is -0.351 e. The van der Waals surface area contributed by atoms with Crippen molar-refractivity contribution >= 4 is 40.7 Å². The van der Waals surface area contributed by atoms with Gasteiger partial charge in [-0.2, -0.15) is 0 Å². The molecule has 2 amide bonds. The van der Waals surface area contributed by atoms with E-state index in [9.17, 15) is 9.59 Å². The van der Waals surface area contributed by atoms with Gasteiger partial charge in [0, 0.05) is 29.2 Å². The second kappa shape index (κ2) is 7.97. The van der Waals surface area contributed by atoms with Crippen molar-refractivity contribution in [1.82, 2.24) is 5.32 Å². The third-order valence-electron chi connectivity index (χ3n) is 2.99. The Bertz CT molecular complexity index is 735. The maximum Gasteiger partial charge on any atom is 0.255 e. The van der Waals surface area contributed by atoms with Crippen molar-refractivity contribution in [2.24, 2.45) is 5.73 Å². The number of nitrogens with one attached hydrogen (secondary N) is 2. The van der Waals surface area contributed by atoms with Crippen molar-refractivity contribution in [1.29, 1.82) is 0 Å². The summed E-state index contributed by atoms with van der Waals surface area (Å²) in [5.41, 5.74) is 6.47. The monoisotopic (exact) mass is 351 g/mol. The molecule has 5 nitrogen and oxygen atoms in total. The smallest absolute Gasteiger partial charge is 0.255 e.